The number of carbonyl (C=O) groups is 3. The van der Waals surface area contributed by atoms with Crippen LogP contribution in [0.5, 0.6) is 0 Å². The molecule has 0 unspecified atom stereocenters. The highest BCUT2D eigenvalue weighted by atomic mass is 32.1. The summed E-state index contributed by atoms with van der Waals surface area (Å²) in [5, 5.41) is 4.80. The van der Waals surface area contributed by atoms with Crippen LogP contribution in [0.1, 0.15) is 28.9 Å². The number of aromatic nitrogens is 1. The van der Waals surface area contributed by atoms with Crippen LogP contribution in [0.4, 0.5) is 19.6 Å². The van der Waals surface area contributed by atoms with Gasteiger partial charge in [0.2, 0.25) is 11.8 Å². The Balaban J connectivity index is 1.12. The van der Waals surface area contributed by atoms with Gasteiger partial charge >= 0.3 is 0 Å². The standard InChI is InChI=1S/C27H27F2N5O3S/c28-19-7-5-18(6-8-19)26(37)34(21-9-10-21)16-24(35)31-27-30-20(17-38-27)15-25(36)33-13-11-32(12-14-33)23-4-2-1-3-22(23)29/h1-8,17,21H,9-16H2,(H,30,31,35). The van der Waals surface area contributed by atoms with Crippen molar-refractivity contribution >= 4 is 39.9 Å². The second-order valence-corrected chi connectivity index (χ2v) is 10.2. The third-order valence-corrected chi connectivity index (χ3v) is 7.42. The minimum atomic E-state index is -0.430. The number of nitrogens with one attached hydrogen (secondary N) is 1. The molecule has 11 heteroatoms. The molecule has 38 heavy (non-hydrogen) atoms. The Hall–Kier alpha value is -3.86. The molecule has 8 nitrogen and oxygen atoms in total. The molecule has 3 aromatic rings. The van der Waals surface area contributed by atoms with Crippen molar-refractivity contribution in [1.29, 1.82) is 0 Å². The van der Waals surface area contributed by atoms with Crippen LogP contribution in [0.25, 0.3) is 0 Å². The lowest BCUT2D eigenvalue weighted by Gasteiger charge is -2.36. The molecule has 0 spiro atoms. The Bertz CT molecular complexity index is 1320. The molecule has 0 bridgehead atoms. The summed E-state index contributed by atoms with van der Waals surface area (Å²) in [7, 11) is 0. The van der Waals surface area contributed by atoms with Crippen molar-refractivity contribution in [3.8, 4) is 0 Å². The maximum atomic E-state index is 14.1. The van der Waals surface area contributed by atoms with Gasteiger partial charge in [0.25, 0.3) is 5.91 Å². The fourth-order valence-corrected chi connectivity index (χ4v) is 5.17. The van der Waals surface area contributed by atoms with Crippen LogP contribution < -0.4 is 10.2 Å². The smallest absolute Gasteiger partial charge is 0.254 e. The predicted molar refractivity (Wildman–Crippen MR) is 140 cm³/mol. The van der Waals surface area contributed by atoms with Gasteiger partial charge in [-0.3, -0.25) is 14.4 Å². The molecule has 1 saturated heterocycles. The van der Waals surface area contributed by atoms with E-state index in [0.29, 0.717) is 48.3 Å². The van der Waals surface area contributed by atoms with Gasteiger partial charge in [0.1, 0.15) is 18.2 Å². The summed E-state index contributed by atoms with van der Waals surface area (Å²) in [5.41, 5.74) is 1.42. The van der Waals surface area contributed by atoms with Crippen LogP contribution >= 0.6 is 11.3 Å². The molecule has 0 radical (unpaired) electrons. The number of thiazole rings is 1. The van der Waals surface area contributed by atoms with Crippen LogP contribution in [-0.4, -0.2) is 71.3 Å². The number of piperazine rings is 1. The topological polar surface area (TPSA) is 85.8 Å². The van der Waals surface area contributed by atoms with Crippen molar-refractivity contribution in [2.75, 3.05) is 42.9 Å². The molecule has 0 atom stereocenters. The van der Waals surface area contributed by atoms with Crippen LogP contribution in [0, 0.1) is 11.6 Å². The lowest BCUT2D eigenvalue weighted by atomic mass is 10.2. The first kappa shape index (κ1) is 25.8. The van der Waals surface area contributed by atoms with Gasteiger partial charge in [-0.1, -0.05) is 12.1 Å². The molecule has 2 heterocycles. The monoisotopic (exact) mass is 539 g/mol. The first-order valence-electron chi connectivity index (χ1n) is 12.5. The molecule has 2 fully saturated rings. The van der Waals surface area contributed by atoms with Gasteiger partial charge in [-0.25, -0.2) is 13.8 Å². The van der Waals surface area contributed by atoms with Crippen LogP contribution in [0.3, 0.4) is 0 Å². The van der Waals surface area contributed by atoms with E-state index < -0.39 is 5.82 Å². The first-order chi connectivity index (χ1) is 18.4. The van der Waals surface area contributed by atoms with E-state index in [1.165, 1.54) is 46.6 Å². The summed E-state index contributed by atoms with van der Waals surface area (Å²) < 4.78 is 27.3. The van der Waals surface area contributed by atoms with E-state index in [9.17, 15) is 23.2 Å². The Morgan fingerprint density at radius 1 is 1.00 bits per heavy atom. The Morgan fingerprint density at radius 3 is 2.39 bits per heavy atom. The number of carbonyl (C=O) groups excluding carboxylic acids is 3. The number of amides is 3. The number of hydrogen-bond acceptors (Lipinski definition) is 6. The number of hydrogen-bond donors (Lipinski definition) is 1. The van der Waals surface area contributed by atoms with E-state index in [4.69, 9.17) is 0 Å². The molecular weight excluding hydrogens is 512 g/mol. The first-order valence-corrected chi connectivity index (χ1v) is 13.3. The number of rotatable bonds is 8. The lowest BCUT2D eigenvalue weighted by Crippen LogP contribution is -2.49. The molecule has 2 aliphatic rings. The summed E-state index contributed by atoms with van der Waals surface area (Å²) in [5.74, 6) is -1.48. The predicted octanol–water partition coefficient (Wildman–Crippen LogP) is 3.56. The van der Waals surface area contributed by atoms with E-state index in [1.54, 1.807) is 28.5 Å². The Labute approximate surface area is 222 Å². The second-order valence-electron chi connectivity index (χ2n) is 9.36. The second kappa shape index (κ2) is 11.3. The average molecular weight is 540 g/mol. The van der Waals surface area contributed by atoms with Gasteiger partial charge in [0, 0.05) is 43.2 Å². The quantitative estimate of drug-likeness (QED) is 0.473. The van der Waals surface area contributed by atoms with Gasteiger partial charge < -0.3 is 20.0 Å². The summed E-state index contributed by atoms with van der Waals surface area (Å²) in [4.78, 5) is 47.9. The van der Waals surface area contributed by atoms with Crippen molar-refractivity contribution < 1.29 is 23.2 Å². The summed E-state index contributed by atoms with van der Waals surface area (Å²) in [6.45, 7) is 1.92. The highest BCUT2D eigenvalue weighted by Gasteiger charge is 2.34. The molecule has 1 aliphatic carbocycles. The van der Waals surface area contributed by atoms with E-state index in [0.717, 1.165) is 12.8 Å². The van der Waals surface area contributed by atoms with E-state index in [-0.39, 0.29) is 42.5 Å². The molecule has 5 rings (SSSR count). The van der Waals surface area contributed by atoms with Crippen LogP contribution in [0.2, 0.25) is 0 Å². The third-order valence-electron chi connectivity index (χ3n) is 6.61. The zero-order valence-corrected chi connectivity index (χ0v) is 21.4. The molecular formula is C27H27F2N5O3S. The summed E-state index contributed by atoms with van der Waals surface area (Å²) >= 11 is 1.21. The number of para-hydroxylation sites is 1. The summed E-state index contributed by atoms with van der Waals surface area (Å²) in [6.07, 6.45) is 1.74. The number of nitrogens with zero attached hydrogens (tertiary/aromatic N) is 4. The van der Waals surface area contributed by atoms with Crippen molar-refractivity contribution in [2.45, 2.75) is 25.3 Å². The highest BCUT2D eigenvalue weighted by molar-refractivity contribution is 7.13. The average Bonchev–Trinajstić information content (AvgIpc) is 3.67. The van der Waals surface area contributed by atoms with E-state index in [2.05, 4.69) is 10.3 Å². The summed E-state index contributed by atoms with van der Waals surface area (Å²) in [6, 6.07) is 11.9. The number of halogens is 2. The van der Waals surface area contributed by atoms with Gasteiger partial charge in [-0.05, 0) is 49.2 Å². The number of anilines is 2. The minimum absolute atomic E-state index is 0.0124. The third kappa shape index (κ3) is 6.16. The fourth-order valence-electron chi connectivity index (χ4n) is 4.44. The van der Waals surface area contributed by atoms with Crippen LogP contribution in [-0.2, 0) is 16.0 Å². The van der Waals surface area contributed by atoms with E-state index >= 15 is 0 Å². The van der Waals surface area contributed by atoms with Gasteiger partial charge in [-0.15, -0.1) is 11.3 Å². The van der Waals surface area contributed by atoms with Crippen molar-refractivity contribution in [2.24, 2.45) is 0 Å². The van der Waals surface area contributed by atoms with Crippen molar-refractivity contribution in [3.05, 3.63) is 76.8 Å². The van der Waals surface area contributed by atoms with E-state index in [1.807, 2.05) is 4.90 Å². The SMILES string of the molecule is O=C(CN(C(=O)c1ccc(F)cc1)C1CC1)Nc1nc(CC(=O)N2CCN(c3ccccc3F)CC2)cs1. The van der Waals surface area contributed by atoms with Crippen LogP contribution in [0.15, 0.2) is 53.9 Å². The fraction of sp³-hybridized carbons (Fsp3) is 0.333. The minimum Gasteiger partial charge on any atom is -0.366 e. The van der Waals surface area contributed by atoms with Crippen molar-refractivity contribution in [1.82, 2.24) is 14.8 Å². The van der Waals surface area contributed by atoms with Gasteiger partial charge in [0.15, 0.2) is 5.13 Å². The van der Waals surface area contributed by atoms with Crippen molar-refractivity contribution in [3.63, 3.8) is 0 Å². The normalized spacial score (nSPS) is 15.3. The number of benzene rings is 2. The molecule has 3 amide bonds. The maximum Gasteiger partial charge on any atom is 0.254 e. The molecule has 2 aromatic carbocycles. The molecule has 198 valence electrons. The molecule has 1 aliphatic heterocycles. The molecule has 1 N–H and O–H groups in total. The zero-order valence-electron chi connectivity index (χ0n) is 20.6. The highest BCUT2D eigenvalue weighted by Crippen LogP contribution is 2.28. The zero-order chi connectivity index (χ0) is 26.6. The van der Waals surface area contributed by atoms with Gasteiger partial charge in [0.05, 0.1) is 17.8 Å². The Morgan fingerprint density at radius 2 is 1.71 bits per heavy atom. The molecule has 1 saturated carbocycles. The largest absolute Gasteiger partial charge is 0.366 e. The van der Waals surface area contributed by atoms with Gasteiger partial charge in [-0.2, -0.15) is 0 Å². The lowest BCUT2D eigenvalue weighted by molar-refractivity contribution is -0.130. The Kier molecular flexibility index (Phi) is 7.64. The maximum absolute atomic E-state index is 14.1. The molecule has 1 aromatic heterocycles.